The Labute approximate surface area is 129 Å². The van der Waals surface area contributed by atoms with Crippen LogP contribution in [-0.2, 0) is 0 Å². The minimum atomic E-state index is -0.466. The molecule has 0 spiro atoms. The van der Waals surface area contributed by atoms with Crippen molar-refractivity contribution in [2.45, 2.75) is 19.3 Å². The molecule has 2 N–H and O–H groups in total. The van der Waals surface area contributed by atoms with Crippen molar-refractivity contribution < 1.29 is 9.72 Å². The van der Waals surface area contributed by atoms with Gasteiger partial charge in [-0.3, -0.25) is 14.9 Å². The van der Waals surface area contributed by atoms with Gasteiger partial charge in [-0.1, -0.05) is 0 Å². The second-order valence-corrected chi connectivity index (χ2v) is 5.14. The van der Waals surface area contributed by atoms with Crippen molar-refractivity contribution in [3.63, 3.8) is 0 Å². The standard InChI is InChI=1S/C14H19N3O3.ClH/c15-8-7-11-2-1-9-16(10-11)14(18)12-3-5-13(6-4-12)17(19)20;/h3-6,11H,1-2,7-10,15H2;1H. The second kappa shape index (κ2) is 7.95. The molecule has 1 aromatic carbocycles. The first-order chi connectivity index (χ1) is 9.61. The van der Waals surface area contributed by atoms with Gasteiger partial charge >= 0.3 is 0 Å². The Kier molecular flexibility index (Phi) is 6.58. The summed E-state index contributed by atoms with van der Waals surface area (Å²) in [5, 5.41) is 10.6. The van der Waals surface area contributed by atoms with E-state index in [0.717, 1.165) is 32.4 Å². The Hall–Kier alpha value is -1.66. The molecule has 0 aliphatic carbocycles. The van der Waals surface area contributed by atoms with Crippen LogP contribution in [0.15, 0.2) is 24.3 Å². The van der Waals surface area contributed by atoms with Gasteiger partial charge in [0.15, 0.2) is 0 Å². The van der Waals surface area contributed by atoms with Crippen molar-refractivity contribution in [2.24, 2.45) is 11.7 Å². The lowest BCUT2D eigenvalue weighted by atomic mass is 9.94. The fraction of sp³-hybridized carbons (Fsp3) is 0.500. The third-order valence-corrected chi connectivity index (χ3v) is 3.71. The van der Waals surface area contributed by atoms with Gasteiger partial charge in [0.2, 0.25) is 0 Å². The Balaban J connectivity index is 0.00000220. The number of non-ortho nitro benzene ring substituents is 1. The third-order valence-electron chi connectivity index (χ3n) is 3.71. The lowest BCUT2D eigenvalue weighted by Crippen LogP contribution is -2.40. The highest BCUT2D eigenvalue weighted by Gasteiger charge is 2.24. The molecule has 1 aliphatic heterocycles. The zero-order valence-electron chi connectivity index (χ0n) is 11.7. The first-order valence-corrected chi connectivity index (χ1v) is 6.85. The first-order valence-electron chi connectivity index (χ1n) is 6.85. The van der Waals surface area contributed by atoms with Crippen LogP contribution in [0.4, 0.5) is 5.69 Å². The Morgan fingerprint density at radius 1 is 1.38 bits per heavy atom. The third kappa shape index (κ3) is 4.41. The number of nitrogens with two attached hydrogens (primary N) is 1. The highest BCUT2D eigenvalue weighted by molar-refractivity contribution is 5.94. The molecule has 0 saturated carbocycles. The molecule has 2 rings (SSSR count). The molecular formula is C14H20ClN3O3. The fourth-order valence-corrected chi connectivity index (χ4v) is 2.63. The average molecular weight is 314 g/mol. The first kappa shape index (κ1) is 17.4. The lowest BCUT2D eigenvalue weighted by molar-refractivity contribution is -0.384. The summed E-state index contributed by atoms with van der Waals surface area (Å²) in [5.74, 6) is 0.414. The number of nitrogens with zero attached hydrogens (tertiary/aromatic N) is 2. The smallest absolute Gasteiger partial charge is 0.269 e. The summed E-state index contributed by atoms with van der Waals surface area (Å²) >= 11 is 0. The molecule has 0 aromatic heterocycles. The van der Waals surface area contributed by atoms with Crippen LogP contribution in [0, 0.1) is 16.0 Å². The van der Waals surface area contributed by atoms with Crippen LogP contribution >= 0.6 is 12.4 Å². The summed E-state index contributed by atoms with van der Waals surface area (Å²) in [6.45, 7) is 2.12. The molecule has 1 aromatic rings. The van der Waals surface area contributed by atoms with Crippen molar-refractivity contribution >= 4 is 24.0 Å². The second-order valence-electron chi connectivity index (χ2n) is 5.14. The number of amides is 1. The van der Waals surface area contributed by atoms with Crippen molar-refractivity contribution in [3.05, 3.63) is 39.9 Å². The summed E-state index contributed by atoms with van der Waals surface area (Å²) in [6.07, 6.45) is 3.04. The van der Waals surface area contributed by atoms with Gasteiger partial charge in [-0.15, -0.1) is 12.4 Å². The van der Waals surface area contributed by atoms with Crippen LogP contribution in [-0.4, -0.2) is 35.4 Å². The normalized spacial score (nSPS) is 18.0. The molecule has 1 heterocycles. The Morgan fingerprint density at radius 3 is 2.62 bits per heavy atom. The van der Waals surface area contributed by atoms with Crippen molar-refractivity contribution in [1.82, 2.24) is 4.90 Å². The SMILES string of the molecule is Cl.NCCC1CCCN(C(=O)c2ccc([N+](=O)[O-])cc2)C1. The maximum atomic E-state index is 12.4. The van der Waals surface area contributed by atoms with Gasteiger partial charge in [0, 0.05) is 30.8 Å². The van der Waals surface area contributed by atoms with E-state index in [1.165, 1.54) is 24.3 Å². The van der Waals surface area contributed by atoms with Gasteiger partial charge < -0.3 is 10.6 Å². The molecule has 0 radical (unpaired) electrons. The molecule has 1 amide bonds. The van der Waals surface area contributed by atoms with E-state index in [0.29, 0.717) is 18.0 Å². The lowest BCUT2D eigenvalue weighted by Gasteiger charge is -2.32. The summed E-state index contributed by atoms with van der Waals surface area (Å²) in [6, 6.07) is 5.78. The zero-order chi connectivity index (χ0) is 14.5. The van der Waals surface area contributed by atoms with E-state index in [1.54, 1.807) is 0 Å². The highest BCUT2D eigenvalue weighted by Crippen LogP contribution is 2.21. The maximum absolute atomic E-state index is 12.4. The average Bonchev–Trinajstić information content (AvgIpc) is 2.47. The van der Waals surface area contributed by atoms with Crippen LogP contribution < -0.4 is 5.73 Å². The van der Waals surface area contributed by atoms with Gasteiger partial charge in [0.1, 0.15) is 0 Å². The van der Waals surface area contributed by atoms with Crippen molar-refractivity contribution in [1.29, 1.82) is 0 Å². The quantitative estimate of drug-likeness (QED) is 0.681. The van der Waals surface area contributed by atoms with Gasteiger partial charge in [-0.2, -0.15) is 0 Å². The Bertz CT molecular complexity index is 491. The topological polar surface area (TPSA) is 89.5 Å². The molecule has 6 nitrogen and oxygen atoms in total. The van der Waals surface area contributed by atoms with Gasteiger partial charge in [0.25, 0.3) is 11.6 Å². The monoisotopic (exact) mass is 313 g/mol. The molecule has 1 fully saturated rings. The number of piperidine rings is 1. The molecule has 1 aliphatic rings. The predicted octanol–water partition coefficient (Wildman–Crippen LogP) is 2.22. The van der Waals surface area contributed by atoms with Crippen LogP contribution in [0.3, 0.4) is 0 Å². The molecule has 21 heavy (non-hydrogen) atoms. The molecule has 116 valence electrons. The maximum Gasteiger partial charge on any atom is 0.269 e. The number of nitro benzene ring substituents is 1. The van der Waals surface area contributed by atoms with Crippen molar-refractivity contribution in [2.75, 3.05) is 19.6 Å². The molecule has 7 heteroatoms. The van der Waals surface area contributed by atoms with E-state index in [1.807, 2.05) is 4.90 Å². The zero-order valence-corrected chi connectivity index (χ0v) is 12.6. The Morgan fingerprint density at radius 2 is 2.05 bits per heavy atom. The fourth-order valence-electron chi connectivity index (χ4n) is 2.63. The highest BCUT2D eigenvalue weighted by atomic mass is 35.5. The predicted molar refractivity (Wildman–Crippen MR) is 82.6 cm³/mol. The van der Waals surface area contributed by atoms with Gasteiger partial charge in [-0.05, 0) is 43.9 Å². The van der Waals surface area contributed by atoms with E-state index < -0.39 is 4.92 Å². The number of hydrogen-bond donors (Lipinski definition) is 1. The number of rotatable bonds is 4. The summed E-state index contributed by atoms with van der Waals surface area (Å²) in [5.41, 5.74) is 6.07. The molecule has 1 saturated heterocycles. The van der Waals surface area contributed by atoms with E-state index in [-0.39, 0.29) is 24.0 Å². The number of hydrogen-bond acceptors (Lipinski definition) is 4. The van der Waals surface area contributed by atoms with Crippen LogP contribution in [0.1, 0.15) is 29.6 Å². The molecule has 1 atom stereocenters. The van der Waals surface area contributed by atoms with Crippen molar-refractivity contribution in [3.8, 4) is 0 Å². The van der Waals surface area contributed by atoms with E-state index in [2.05, 4.69) is 0 Å². The number of likely N-dealkylation sites (tertiary alicyclic amines) is 1. The number of carbonyl (C=O) groups is 1. The number of nitro groups is 1. The summed E-state index contributed by atoms with van der Waals surface area (Å²) in [4.78, 5) is 24.3. The van der Waals surface area contributed by atoms with Crippen LogP contribution in [0.2, 0.25) is 0 Å². The molecule has 0 bridgehead atoms. The molecule has 1 unspecified atom stereocenters. The minimum Gasteiger partial charge on any atom is -0.338 e. The van der Waals surface area contributed by atoms with Gasteiger partial charge in [0.05, 0.1) is 4.92 Å². The minimum absolute atomic E-state index is 0. The number of carbonyl (C=O) groups excluding carboxylic acids is 1. The van der Waals surface area contributed by atoms with Crippen LogP contribution in [0.25, 0.3) is 0 Å². The van der Waals surface area contributed by atoms with Crippen LogP contribution in [0.5, 0.6) is 0 Å². The number of halogens is 1. The number of benzene rings is 1. The van der Waals surface area contributed by atoms with E-state index >= 15 is 0 Å². The van der Waals surface area contributed by atoms with E-state index in [4.69, 9.17) is 5.73 Å². The van der Waals surface area contributed by atoms with Gasteiger partial charge in [-0.25, -0.2) is 0 Å². The largest absolute Gasteiger partial charge is 0.338 e. The summed E-state index contributed by atoms with van der Waals surface area (Å²) in [7, 11) is 0. The molecular weight excluding hydrogens is 294 g/mol. The summed E-state index contributed by atoms with van der Waals surface area (Å²) < 4.78 is 0. The van der Waals surface area contributed by atoms with E-state index in [9.17, 15) is 14.9 Å².